The van der Waals surface area contributed by atoms with Gasteiger partial charge in [0.2, 0.25) is 0 Å². The first-order chi connectivity index (χ1) is 10.2. The molecule has 1 unspecified atom stereocenters. The Labute approximate surface area is 126 Å². The zero-order valence-corrected chi connectivity index (χ0v) is 12.2. The number of hydrogen-bond donors (Lipinski definition) is 1. The van der Waals surface area contributed by atoms with Gasteiger partial charge >= 0.3 is 32.0 Å². The molecule has 23 heavy (non-hydrogen) atoms. The summed E-state index contributed by atoms with van der Waals surface area (Å²) in [6, 6.07) is 5.06. The molecule has 0 saturated heterocycles. The number of halogens is 6. The van der Waals surface area contributed by atoms with E-state index < -0.39 is 43.7 Å². The second-order valence-corrected chi connectivity index (χ2v) is 7.15. The maximum atomic E-state index is 12.8. The van der Waals surface area contributed by atoms with Gasteiger partial charge in [-0.05, 0) is 5.56 Å². The molecule has 0 radical (unpaired) electrons. The Bertz CT molecular complexity index is 741. The lowest BCUT2D eigenvalue weighted by Crippen LogP contribution is -2.42. The Morgan fingerprint density at radius 3 is 1.78 bits per heavy atom. The zero-order chi connectivity index (χ0) is 18.1. The Morgan fingerprint density at radius 2 is 1.39 bits per heavy atom. The fraction of sp³-hybridized carbons (Fsp3) is 0.333. The van der Waals surface area contributed by atoms with Crippen molar-refractivity contribution in [2.75, 3.05) is 0 Å². The molecule has 0 heterocycles. The lowest BCUT2D eigenvalue weighted by molar-refractivity contribution is -0.197. The molecule has 1 aromatic rings. The molecule has 0 fully saturated rings. The molecule has 0 aliphatic rings. The standard InChI is InChI=1S/C9H7F6NO5S2/c10-8(11,12)7(6-4-2-1-3-5-6)21-23(19,20)16-22(17,18)9(13,14)15/h1-5,7,16H. The number of alkyl halides is 6. The largest absolute Gasteiger partial charge is 0.512 e. The number of sulfonamides is 1. The normalized spacial score (nSPS) is 15.4. The summed E-state index contributed by atoms with van der Waals surface area (Å²) in [5.41, 5.74) is -6.81. The first-order valence-electron chi connectivity index (χ1n) is 5.30. The fourth-order valence-corrected chi connectivity index (χ4v) is 3.34. The molecule has 1 aromatic carbocycles. The molecule has 0 amide bonds. The van der Waals surface area contributed by atoms with Crippen LogP contribution in [-0.2, 0) is 24.5 Å². The molecule has 0 saturated carbocycles. The van der Waals surface area contributed by atoms with Crippen molar-refractivity contribution in [3.05, 3.63) is 35.9 Å². The minimum Gasteiger partial charge on any atom is -0.239 e. The van der Waals surface area contributed by atoms with Gasteiger partial charge < -0.3 is 0 Å². The van der Waals surface area contributed by atoms with Gasteiger partial charge in [-0.3, -0.25) is 0 Å². The van der Waals surface area contributed by atoms with Crippen LogP contribution in [0.5, 0.6) is 0 Å². The summed E-state index contributed by atoms with van der Waals surface area (Å²) in [6.45, 7) is 0. The summed E-state index contributed by atoms with van der Waals surface area (Å²) in [5, 5.41) is 0. The third kappa shape index (κ3) is 5.33. The first-order valence-corrected chi connectivity index (χ1v) is 8.19. The molecular weight excluding hydrogens is 380 g/mol. The number of nitrogens with one attached hydrogen (secondary N) is 1. The Hall–Kier alpha value is -1.38. The van der Waals surface area contributed by atoms with Gasteiger partial charge in [-0.2, -0.15) is 34.8 Å². The summed E-state index contributed by atoms with van der Waals surface area (Å²) in [7, 11) is -12.4. The summed E-state index contributed by atoms with van der Waals surface area (Å²) in [4.78, 5) is 0. The molecular formula is C9H7F6NO5S2. The summed E-state index contributed by atoms with van der Waals surface area (Å²) in [6.07, 6.45) is -8.53. The molecule has 0 aliphatic carbocycles. The van der Waals surface area contributed by atoms with Crippen LogP contribution in [0.4, 0.5) is 26.3 Å². The SMILES string of the molecule is O=S(=O)(NS(=O)(=O)C(F)(F)F)OC(c1ccccc1)C(F)(F)F. The third-order valence-electron chi connectivity index (χ3n) is 2.14. The predicted molar refractivity (Wildman–Crippen MR) is 63.4 cm³/mol. The highest BCUT2D eigenvalue weighted by atomic mass is 32.3. The molecule has 1 rings (SSSR count). The molecule has 6 nitrogen and oxygen atoms in total. The predicted octanol–water partition coefficient (Wildman–Crippen LogP) is 1.99. The van der Waals surface area contributed by atoms with E-state index in [0.717, 1.165) is 24.3 Å². The van der Waals surface area contributed by atoms with E-state index in [4.69, 9.17) is 0 Å². The monoisotopic (exact) mass is 387 g/mol. The van der Waals surface area contributed by atoms with E-state index in [0.29, 0.717) is 0 Å². The average Bonchev–Trinajstić information content (AvgIpc) is 2.33. The van der Waals surface area contributed by atoms with Crippen LogP contribution in [0.3, 0.4) is 0 Å². The van der Waals surface area contributed by atoms with Crippen LogP contribution >= 0.6 is 0 Å². The van der Waals surface area contributed by atoms with Crippen LogP contribution in [0.25, 0.3) is 0 Å². The molecule has 0 spiro atoms. The summed E-state index contributed by atoms with van der Waals surface area (Å²) >= 11 is 0. The van der Waals surface area contributed by atoms with Gasteiger partial charge in [0.1, 0.15) is 0 Å². The van der Waals surface area contributed by atoms with Crippen LogP contribution < -0.4 is 4.13 Å². The van der Waals surface area contributed by atoms with Crippen LogP contribution in [0, 0.1) is 0 Å². The second-order valence-electron chi connectivity index (χ2n) is 3.92. The van der Waals surface area contributed by atoms with Crippen molar-refractivity contribution in [2.24, 2.45) is 0 Å². The zero-order valence-electron chi connectivity index (χ0n) is 10.6. The van der Waals surface area contributed by atoms with Crippen LogP contribution in [0.2, 0.25) is 0 Å². The molecule has 1 atom stereocenters. The fourth-order valence-electron chi connectivity index (χ4n) is 1.25. The van der Waals surface area contributed by atoms with E-state index in [1.54, 1.807) is 0 Å². The van der Waals surface area contributed by atoms with Crippen LogP contribution in [-0.4, -0.2) is 28.5 Å². The van der Waals surface area contributed by atoms with Gasteiger partial charge in [-0.1, -0.05) is 34.5 Å². The third-order valence-corrected chi connectivity index (χ3v) is 4.89. The smallest absolute Gasteiger partial charge is 0.239 e. The van der Waals surface area contributed by atoms with E-state index in [1.165, 1.54) is 6.07 Å². The Balaban J connectivity index is 3.15. The number of hydrogen-bond acceptors (Lipinski definition) is 5. The average molecular weight is 387 g/mol. The minimum absolute atomic E-state index is 0.0421. The molecule has 14 heteroatoms. The molecule has 0 aromatic heterocycles. The van der Waals surface area contributed by atoms with E-state index in [-0.39, 0.29) is 4.13 Å². The highest BCUT2D eigenvalue weighted by Gasteiger charge is 2.51. The highest BCUT2D eigenvalue weighted by molar-refractivity contribution is 8.03. The lowest BCUT2D eigenvalue weighted by atomic mass is 10.1. The summed E-state index contributed by atoms with van der Waals surface area (Å²) in [5.74, 6) is 0. The number of benzene rings is 1. The van der Waals surface area contributed by atoms with Gasteiger partial charge in [0.05, 0.1) is 0 Å². The van der Waals surface area contributed by atoms with Gasteiger partial charge in [0, 0.05) is 0 Å². The van der Waals surface area contributed by atoms with Crippen molar-refractivity contribution in [3.63, 3.8) is 0 Å². The van der Waals surface area contributed by atoms with Gasteiger partial charge in [0.15, 0.2) is 6.10 Å². The minimum atomic E-state index is -6.46. The van der Waals surface area contributed by atoms with Gasteiger partial charge in [0.25, 0.3) is 0 Å². The van der Waals surface area contributed by atoms with E-state index >= 15 is 0 Å². The maximum Gasteiger partial charge on any atom is 0.512 e. The maximum absolute atomic E-state index is 12.8. The van der Waals surface area contributed by atoms with Crippen LogP contribution in [0.1, 0.15) is 11.7 Å². The van der Waals surface area contributed by atoms with E-state index in [1.807, 2.05) is 0 Å². The van der Waals surface area contributed by atoms with Crippen molar-refractivity contribution < 1.29 is 47.4 Å². The van der Waals surface area contributed by atoms with E-state index in [9.17, 15) is 43.2 Å². The Morgan fingerprint density at radius 1 is 0.913 bits per heavy atom. The molecule has 0 aliphatic heterocycles. The lowest BCUT2D eigenvalue weighted by Gasteiger charge is -2.20. The van der Waals surface area contributed by atoms with Gasteiger partial charge in [-0.25, -0.2) is 12.6 Å². The van der Waals surface area contributed by atoms with Crippen molar-refractivity contribution in [1.29, 1.82) is 0 Å². The van der Waals surface area contributed by atoms with Crippen molar-refractivity contribution in [3.8, 4) is 0 Å². The second kappa shape index (κ2) is 6.26. The quantitative estimate of drug-likeness (QED) is 0.781. The van der Waals surface area contributed by atoms with Gasteiger partial charge in [-0.15, -0.1) is 0 Å². The van der Waals surface area contributed by atoms with Crippen molar-refractivity contribution >= 4 is 20.3 Å². The van der Waals surface area contributed by atoms with Crippen molar-refractivity contribution in [2.45, 2.75) is 17.8 Å². The van der Waals surface area contributed by atoms with E-state index in [2.05, 4.69) is 4.18 Å². The van der Waals surface area contributed by atoms with Crippen molar-refractivity contribution in [1.82, 2.24) is 4.13 Å². The van der Waals surface area contributed by atoms with Crippen LogP contribution in [0.15, 0.2) is 30.3 Å². The molecule has 0 bridgehead atoms. The topological polar surface area (TPSA) is 89.5 Å². The number of rotatable bonds is 5. The highest BCUT2D eigenvalue weighted by Crippen LogP contribution is 2.37. The molecule has 1 N–H and O–H groups in total. The first kappa shape index (κ1) is 19.7. The summed E-state index contributed by atoms with van der Waals surface area (Å²) < 4.78 is 122. The Kier molecular flexibility index (Phi) is 5.35. The molecule has 132 valence electrons.